The number of aryl methyl sites for hydroxylation is 3. The van der Waals surface area contributed by atoms with E-state index < -0.39 is 0 Å². The van der Waals surface area contributed by atoms with Crippen LogP contribution in [0.2, 0.25) is 0 Å². The Labute approximate surface area is 178 Å². The molecule has 1 aromatic heterocycles. The molecule has 0 aliphatic heterocycles. The lowest BCUT2D eigenvalue weighted by Gasteiger charge is -2.30. The molecule has 6 rings (SSSR count). The smallest absolute Gasteiger partial charge is 0.0706 e. The Morgan fingerprint density at radius 1 is 0.800 bits per heavy atom. The van der Waals surface area contributed by atoms with Gasteiger partial charge in [0.2, 0.25) is 0 Å². The number of nitrogens with zero attached hydrogens (tertiary/aromatic N) is 1. The van der Waals surface area contributed by atoms with Crippen LogP contribution in [-0.4, -0.2) is 4.98 Å². The second-order valence-corrected chi connectivity index (χ2v) is 8.88. The molecule has 0 unspecified atom stereocenters. The number of benzene rings is 3. The number of aromatic nitrogens is 1. The third kappa shape index (κ3) is 2.60. The number of rotatable bonds is 3. The molecular formula is C28H26N2. The van der Waals surface area contributed by atoms with Crippen molar-refractivity contribution in [3.05, 3.63) is 106 Å². The van der Waals surface area contributed by atoms with E-state index >= 15 is 0 Å². The Bertz CT molecular complexity index is 1270. The summed E-state index contributed by atoms with van der Waals surface area (Å²) in [4.78, 5) is 4.86. The van der Waals surface area contributed by atoms with E-state index in [0.29, 0.717) is 0 Å². The fraction of sp³-hybridized carbons (Fsp3) is 0.250. The zero-order chi connectivity index (χ0) is 20.1. The van der Waals surface area contributed by atoms with Crippen LogP contribution in [0.3, 0.4) is 0 Å². The minimum Gasteiger partial charge on any atom is -0.379 e. The molecule has 30 heavy (non-hydrogen) atoms. The normalized spacial score (nSPS) is 19.2. The van der Waals surface area contributed by atoms with Crippen molar-refractivity contribution in [1.82, 2.24) is 4.98 Å². The van der Waals surface area contributed by atoms with Gasteiger partial charge in [0.05, 0.1) is 17.8 Å². The summed E-state index contributed by atoms with van der Waals surface area (Å²) in [5, 5.41) is 4.96. The summed E-state index contributed by atoms with van der Waals surface area (Å²) < 4.78 is 0. The van der Waals surface area contributed by atoms with E-state index in [1.165, 1.54) is 47.9 Å². The Balaban J connectivity index is 1.38. The van der Waals surface area contributed by atoms with Gasteiger partial charge in [-0.25, -0.2) is 0 Å². The lowest BCUT2D eigenvalue weighted by atomic mass is 9.74. The molecule has 1 N–H and O–H groups in total. The molecule has 1 atom stereocenters. The number of anilines is 1. The number of pyridine rings is 1. The molecule has 1 heterocycles. The topological polar surface area (TPSA) is 24.9 Å². The van der Waals surface area contributed by atoms with Gasteiger partial charge in [-0.3, -0.25) is 4.98 Å². The third-order valence-corrected chi connectivity index (χ3v) is 7.23. The summed E-state index contributed by atoms with van der Waals surface area (Å²) in [6.45, 7) is 3.04. The highest BCUT2D eigenvalue weighted by molar-refractivity contribution is 5.78. The lowest BCUT2D eigenvalue weighted by Crippen LogP contribution is -2.24. The summed E-state index contributed by atoms with van der Waals surface area (Å²) in [6, 6.07) is 26.3. The molecule has 148 valence electrons. The predicted molar refractivity (Wildman–Crippen MR) is 124 cm³/mol. The Morgan fingerprint density at radius 2 is 1.57 bits per heavy atom. The van der Waals surface area contributed by atoms with Crippen LogP contribution in [0, 0.1) is 6.92 Å². The van der Waals surface area contributed by atoms with Gasteiger partial charge in [0.25, 0.3) is 0 Å². The molecule has 0 radical (unpaired) electrons. The van der Waals surface area contributed by atoms with Crippen molar-refractivity contribution in [2.75, 3.05) is 5.32 Å². The van der Waals surface area contributed by atoms with Gasteiger partial charge < -0.3 is 5.32 Å². The van der Waals surface area contributed by atoms with Crippen LogP contribution in [-0.2, 0) is 24.8 Å². The largest absolute Gasteiger partial charge is 0.379 e. The van der Waals surface area contributed by atoms with Crippen LogP contribution in [0.25, 0.3) is 10.9 Å². The number of hydrogen-bond acceptors (Lipinski definition) is 2. The van der Waals surface area contributed by atoms with Crippen molar-refractivity contribution in [3.8, 4) is 0 Å². The van der Waals surface area contributed by atoms with Gasteiger partial charge >= 0.3 is 0 Å². The van der Waals surface area contributed by atoms with E-state index in [0.717, 1.165) is 17.8 Å². The number of hydrogen-bond donors (Lipinski definition) is 1. The fourth-order valence-corrected chi connectivity index (χ4v) is 5.98. The highest BCUT2D eigenvalue weighted by Gasteiger charge is 2.46. The monoisotopic (exact) mass is 390 g/mol. The molecule has 1 spiro atoms. The van der Waals surface area contributed by atoms with Crippen LogP contribution in [0.15, 0.2) is 72.8 Å². The van der Waals surface area contributed by atoms with Crippen LogP contribution >= 0.6 is 0 Å². The SMILES string of the molecule is Cc1cccc2c1[C@@]1(CC2)CCc2cccc(NCc3ccc4ccccc4n3)c21. The lowest BCUT2D eigenvalue weighted by molar-refractivity contribution is 0.506. The van der Waals surface area contributed by atoms with Crippen LogP contribution in [0.1, 0.15) is 46.4 Å². The van der Waals surface area contributed by atoms with E-state index in [1.54, 1.807) is 16.7 Å². The maximum atomic E-state index is 4.86. The average molecular weight is 391 g/mol. The highest BCUT2D eigenvalue weighted by atomic mass is 14.9. The van der Waals surface area contributed by atoms with Crippen molar-refractivity contribution in [2.45, 2.75) is 44.6 Å². The zero-order valence-corrected chi connectivity index (χ0v) is 17.4. The molecular weight excluding hydrogens is 364 g/mol. The zero-order valence-electron chi connectivity index (χ0n) is 17.4. The molecule has 0 amide bonds. The molecule has 0 saturated heterocycles. The maximum Gasteiger partial charge on any atom is 0.0706 e. The van der Waals surface area contributed by atoms with Crippen LogP contribution in [0.4, 0.5) is 5.69 Å². The second kappa shape index (κ2) is 6.70. The number of nitrogens with one attached hydrogen (secondary N) is 1. The first-order valence-corrected chi connectivity index (χ1v) is 11.0. The van der Waals surface area contributed by atoms with Gasteiger partial charge in [-0.15, -0.1) is 0 Å². The number of para-hydroxylation sites is 1. The average Bonchev–Trinajstić information content (AvgIpc) is 3.35. The highest BCUT2D eigenvalue weighted by Crippen LogP contribution is 2.55. The summed E-state index contributed by atoms with van der Waals surface area (Å²) in [5.74, 6) is 0. The predicted octanol–water partition coefficient (Wildman–Crippen LogP) is 6.33. The van der Waals surface area contributed by atoms with Crippen LogP contribution in [0.5, 0.6) is 0 Å². The number of fused-ring (bicyclic) bond motifs is 5. The molecule has 2 aliphatic rings. The first-order valence-electron chi connectivity index (χ1n) is 11.0. The Morgan fingerprint density at radius 3 is 2.43 bits per heavy atom. The molecule has 0 bridgehead atoms. The van der Waals surface area contributed by atoms with Crippen molar-refractivity contribution >= 4 is 16.6 Å². The molecule has 2 nitrogen and oxygen atoms in total. The van der Waals surface area contributed by atoms with Gasteiger partial charge in [0.15, 0.2) is 0 Å². The quantitative estimate of drug-likeness (QED) is 0.442. The van der Waals surface area contributed by atoms with E-state index in [1.807, 2.05) is 0 Å². The molecule has 0 saturated carbocycles. The summed E-state index contributed by atoms with van der Waals surface area (Å²) in [6.07, 6.45) is 4.82. The van der Waals surface area contributed by atoms with Crippen molar-refractivity contribution in [3.63, 3.8) is 0 Å². The van der Waals surface area contributed by atoms with Gasteiger partial charge in [0.1, 0.15) is 0 Å². The van der Waals surface area contributed by atoms with E-state index in [-0.39, 0.29) is 5.41 Å². The van der Waals surface area contributed by atoms with Gasteiger partial charge in [0, 0.05) is 16.5 Å². The second-order valence-electron chi connectivity index (χ2n) is 8.88. The molecule has 2 heteroatoms. The van der Waals surface area contributed by atoms with E-state index in [4.69, 9.17) is 4.98 Å². The summed E-state index contributed by atoms with van der Waals surface area (Å²) in [5.41, 5.74) is 11.3. The molecule has 2 aliphatic carbocycles. The van der Waals surface area contributed by atoms with Crippen molar-refractivity contribution in [1.29, 1.82) is 0 Å². The Hall–Kier alpha value is -3.13. The molecule has 4 aromatic rings. The minimum atomic E-state index is 0.177. The minimum absolute atomic E-state index is 0.177. The van der Waals surface area contributed by atoms with Crippen molar-refractivity contribution < 1.29 is 0 Å². The van der Waals surface area contributed by atoms with Crippen molar-refractivity contribution in [2.24, 2.45) is 0 Å². The first-order chi connectivity index (χ1) is 14.7. The molecule has 3 aromatic carbocycles. The van der Waals surface area contributed by atoms with Crippen LogP contribution < -0.4 is 5.32 Å². The molecule has 0 fully saturated rings. The standard InChI is InChI=1S/C28H26N2/c1-19-6-4-8-21-14-16-28(26(19)21)17-15-22-9-5-11-25(27(22)28)29-18-23-13-12-20-7-2-3-10-24(20)30-23/h2-13,29H,14-18H2,1H3/t28-/m1/s1. The first kappa shape index (κ1) is 17.7. The van der Waals surface area contributed by atoms with Gasteiger partial charge in [-0.1, -0.05) is 54.6 Å². The van der Waals surface area contributed by atoms with Gasteiger partial charge in [-0.05, 0) is 78.6 Å². The fourth-order valence-electron chi connectivity index (χ4n) is 5.98. The summed E-state index contributed by atoms with van der Waals surface area (Å²) >= 11 is 0. The summed E-state index contributed by atoms with van der Waals surface area (Å²) in [7, 11) is 0. The van der Waals surface area contributed by atoms with E-state index in [2.05, 4.69) is 85.0 Å². The third-order valence-electron chi connectivity index (χ3n) is 7.23. The van der Waals surface area contributed by atoms with Gasteiger partial charge in [-0.2, -0.15) is 0 Å². The van der Waals surface area contributed by atoms with E-state index in [9.17, 15) is 0 Å². The maximum absolute atomic E-state index is 4.86. The Kier molecular flexibility index (Phi) is 3.95.